The first-order valence-electron chi connectivity index (χ1n) is 15.1. The molecule has 3 aromatic rings. The highest BCUT2D eigenvalue weighted by Crippen LogP contribution is 2.39. The van der Waals surface area contributed by atoms with Gasteiger partial charge in [0.25, 0.3) is 0 Å². The Morgan fingerprint density at radius 1 is 1.14 bits per heavy atom. The first kappa shape index (κ1) is 35.0. The van der Waals surface area contributed by atoms with Crippen molar-refractivity contribution in [3.63, 3.8) is 0 Å². The SMILES string of the molecule is C#CCO[Si](C)(C)C(C)C.CCC#Cc1ccc(C2=N[C@@H](CC(=O)OC(C)(C)C)c3nnc(C)n3-c3sc(C)c(C)c32)cc1. The number of aromatic nitrogens is 3. The van der Waals surface area contributed by atoms with Crippen LogP contribution in [-0.2, 0) is 14.0 Å². The minimum Gasteiger partial charge on any atom is -0.460 e. The molecule has 2 aromatic heterocycles. The Balaban J connectivity index is 0.000000456. The maximum atomic E-state index is 12.8. The van der Waals surface area contributed by atoms with Gasteiger partial charge in [-0.25, -0.2) is 0 Å². The molecule has 0 saturated carbocycles. The van der Waals surface area contributed by atoms with E-state index in [1.165, 1.54) is 10.4 Å². The van der Waals surface area contributed by atoms with Gasteiger partial charge in [0, 0.05) is 28.0 Å². The number of hydrogen-bond acceptors (Lipinski definition) is 7. The van der Waals surface area contributed by atoms with E-state index in [9.17, 15) is 4.79 Å². The lowest BCUT2D eigenvalue weighted by atomic mass is 9.98. The standard InChI is InChI=1S/C27H30N4O2S.C8H16OSi/c1-8-9-10-19-11-13-20(14-12-19)24-23-16(2)17(3)34-26(23)31-18(4)29-30-25(31)21(28-24)15-22(32)33-27(5,6)7;1-6-7-9-10(4,5)8(2)3/h11-14,21H,8,15H2,1-7H3;1,8H,7H2,2-5H3/t21-;/m0./s1. The highest BCUT2D eigenvalue weighted by atomic mass is 32.1. The third kappa shape index (κ3) is 8.56. The van der Waals surface area contributed by atoms with Gasteiger partial charge in [-0.2, -0.15) is 0 Å². The third-order valence-electron chi connectivity index (χ3n) is 7.51. The highest BCUT2D eigenvalue weighted by molar-refractivity contribution is 7.15. The number of thiophene rings is 1. The predicted molar refractivity (Wildman–Crippen MR) is 183 cm³/mol. The quantitative estimate of drug-likeness (QED) is 0.157. The van der Waals surface area contributed by atoms with E-state index in [-0.39, 0.29) is 12.4 Å². The number of ether oxygens (including phenoxy) is 1. The van der Waals surface area contributed by atoms with Crippen LogP contribution in [0, 0.1) is 45.0 Å². The molecule has 234 valence electrons. The van der Waals surface area contributed by atoms with Crippen LogP contribution in [0.2, 0.25) is 18.6 Å². The summed E-state index contributed by atoms with van der Waals surface area (Å²) in [5.74, 6) is 9.90. The Labute approximate surface area is 268 Å². The van der Waals surface area contributed by atoms with Crippen LogP contribution in [0.25, 0.3) is 5.00 Å². The fourth-order valence-electron chi connectivity index (χ4n) is 4.36. The monoisotopic (exact) mass is 630 g/mol. The molecule has 1 aromatic carbocycles. The van der Waals surface area contributed by atoms with Gasteiger partial charge in [-0.15, -0.1) is 28.0 Å². The molecule has 0 bridgehead atoms. The molecule has 4 rings (SSSR count). The summed E-state index contributed by atoms with van der Waals surface area (Å²) in [5.41, 5.74) is 5.10. The molecule has 0 amide bonds. The number of carbonyl (C=O) groups excluding carboxylic acids is 1. The second-order valence-corrected chi connectivity index (χ2v) is 18.5. The minimum absolute atomic E-state index is 0.0892. The van der Waals surface area contributed by atoms with E-state index in [0.717, 1.165) is 39.6 Å². The van der Waals surface area contributed by atoms with Gasteiger partial charge in [0.2, 0.25) is 0 Å². The Kier molecular flexibility index (Phi) is 11.5. The van der Waals surface area contributed by atoms with Gasteiger partial charge in [0.1, 0.15) is 22.5 Å². The number of benzene rings is 1. The maximum absolute atomic E-state index is 12.8. The average Bonchev–Trinajstić information content (AvgIpc) is 3.42. The lowest BCUT2D eigenvalue weighted by Gasteiger charge is -2.25. The zero-order valence-electron chi connectivity index (χ0n) is 28.1. The molecular weight excluding hydrogens is 585 g/mol. The number of aliphatic imine (C=N–C) groups is 1. The molecule has 9 heteroatoms. The Hall–Kier alpha value is -3.50. The van der Waals surface area contributed by atoms with Crippen molar-refractivity contribution in [1.82, 2.24) is 14.8 Å². The van der Waals surface area contributed by atoms with Crippen molar-refractivity contribution < 1.29 is 14.0 Å². The average molecular weight is 631 g/mol. The number of carbonyl (C=O) groups is 1. The predicted octanol–water partition coefficient (Wildman–Crippen LogP) is 7.89. The van der Waals surface area contributed by atoms with Crippen molar-refractivity contribution >= 4 is 31.3 Å². The summed E-state index contributed by atoms with van der Waals surface area (Å²) in [6, 6.07) is 7.64. The van der Waals surface area contributed by atoms with Crippen molar-refractivity contribution in [3.8, 4) is 29.2 Å². The molecule has 0 fully saturated rings. The number of hydrogen-bond donors (Lipinski definition) is 0. The first-order valence-corrected chi connectivity index (χ1v) is 18.9. The lowest BCUT2D eigenvalue weighted by Crippen LogP contribution is -2.33. The van der Waals surface area contributed by atoms with E-state index in [1.807, 2.05) is 51.3 Å². The second kappa shape index (κ2) is 14.5. The van der Waals surface area contributed by atoms with E-state index >= 15 is 0 Å². The van der Waals surface area contributed by atoms with Gasteiger partial charge in [-0.1, -0.05) is 50.7 Å². The normalized spacial score (nSPS) is 14.2. The van der Waals surface area contributed by atoms with Crippen LogP contribution in [-0.4, -0.2) is 47.0 Å². The zero-order valence-corrected chi connectivity index (χ0v) is 29.9. The van der Waals surface area contributed by atoms with E-state index in [0.29, 0.717) is 18.0 Å². The van der Waals surface area contributed by atoms with Crippen LogP contribution in [0.5, 0.6) is 0 Å². The summed E-state index contributed by atoms with van der Waals surface area (Å²) in [7, 11) is -1.44. The Morgan fingerprint density at radius 3 is 2.36 bits per heavy atom. The van der Waals surface area contributed by atoms with Gasteiger partial charge in [-0.05, 0) is 77.9 Å². The molecule has 0 radical (unpaired) electrons. The van der Waals surface area contributed by atoms with E-state index < -0.39 is 20.0 Å². The van der Waals surface area contributed by atoms with Crippen LogP contribution >= 0.6 is 11.3 Å². The lowest BCUT2D eigenvalue weighted by molar-refractivity contribution is -0.155. The maximum Gasteiger partial charge on any atom is 0.308 e. The van der Waals surface area contributed by atoms with Crippen molar-refractivity contribution in [2.24, 2.45) is 4.99 Å². The van der Waals surface area contributed by atoms with Gasteiger partial charge >= 0.3 is 5.97 Å². The van der Waals surface area contributed by atoms with Gasteiger partial charge in [0.05, 0.1) is 18.7 Å². The summed E-state index contributed by atoms with van der Waals surface area (Å²) in [6.07, 6.45) is 5.99. The fourth-order valence-corrected chi connectivity index (χ4v) is 6.36. The largest absolute Gasteiger partial charge is 0.460 e. The highest BCUT2D eigenvalue weighted by Gasteiger charge is 2.33. The van der Waals surface area contributed by atoms with Gasteiger partial charge < -0.3 is 9.16 Å². The molecule has 3 heterocycles. The molecule has 1 aliphatic rings. The number of aryl methyl sites for hydroxylation is 2. The molecule has 0 unspecified atom stereocenters. The smallest absolute Gasteiger partial charge is 0.308 e. The van der Waals surface area contributed by atoms with Crippen LogP contribution in [0.3, 0.4) is 0 Å². The van der Waals surface area contributed by atoms with Crippen molar-refractivity contribution in [3.05, 3.63) is 63.0 Å². The van der Waals surface area contributed by atoms with Gasteiger partial charge in [-0.3, -0.25) is 14.4 Å². The molecule has 7 nitrogen and oxygen atoms in total. The molecular formula is C35H46N4O3SSi. The molecule has 44 heavy (non-hydrogen) atoms. The van der Waals surface area contributed by atoms with Crippen molar-refractivity contribution in [1.29, 1.82) is 0 Å². The number of nitrogens with zero attached hydrogens (tertiary/aromatic N) is 4. The first-order chi connectivity index (χ1) is 20.6. The third-order valence-corrected chi connectivity index (χ3v) is 12.4. The minimum atomic E-state index is -1.44. The van der Waals surface area contributed by atoms with E-state index in [1.54, 1.807) is 11.3 Å². The zero-order chi connectivity index (χ0) is 32.8. The number of esters is 1. The molecule has 0 saturated heterocycles. The Morgan fingerprint density at radius 2 is 1.80 bits per heavy atom. The van der Waals surface area contributed by atoms with E-state index in [2.05, 4.69) is 80.9 Å². The summed E-state index contributed by atoms with van der Waals surface area (Å²) in [4.78, 5) is 19.2. The summed E-state index contributed by atoms with van der Waals surface area (Å²) in [6.45, 7) is 23.0. The van der Waals surface area contributed by atoms with Crippen molar-refractivity contribution in [2.75, 3.05) is 6.61 Å². The molecule has 0 N–H and O–H groups in total. The van der Waals surface area contributed by atoms with Crippen LogP contribution in [0.1, 0.15) is 99.2 Å². The summed E-state index contributed by atoms with van der Waals surface area (Å²) >= 11 is 1.70. The number of terminal acetylenes is 1. The number of fused-ring (bicyclic) bond motifs is 3. The topological polar surface area (TPSA) is 78.6 Å². The van der Waals surface area contributed by atoms with Crippen molar-refractivity contribution in [2.45, 2.75) is 105 Å². The molecule has 1 atom stereocenters. The Bertz CT molecular complexity index is 1610. The second-order valence-electron chi connectivity index (χ2n) is 12.7. The van der Waals surface area contributed by atoms with Crippen LogP contribution in [0.4, 0.5) is 0 Å². The summed E-state index contributed by atoms with van der Waals surface area (Å²) < 4.78 is 13.2. The van der Waals surface area contributed by atoms with E-state index in [4.69, 9.17) is 20.6 Å². The molecule has 0 aliphatic carbocycles. The fraction of sp³-hybridized carbons (Fsp3) is 0.486. The molecule has 0 spiro atoms. The van der Waals surface area contributed by atoms with Gasteiger partial charge in [0.15, 0.2) is 14.1 Å². The molecule has 1 aliphatic heterocycles. The van der Waals surface area contributed by atoms with Crippen LogP contribution < -0.4 is 0 Å². The van der Waals surface area contributed by atoms with Crippen LogP contribution in [0.15, 0.2) is 29.3 Å². The number of rotatable bonds is 6. The summed E-state index contributed by atoms with van der Waals surface area (Å²) in [5, 5.41) is 9.81.